The zero-order valence-corrected chi connectivity index (χ0v) is 11.8. The number of carboxylic acids is 1. The van der Waals surface area contributed by atoms with E-state index >= 15 is 0 Å². The third kappa shape index (κ3) is 2.57. The fraction of sp³-hybridized carbons (Fsp3) is 0.400. The molecule has 20 heavy (non-hydrogen) atoms. The molecule has 0 saturated heterocycles. The highest BCUT2D eigenvalue weighted by atomic mass is 16.4. The molecular weight excluding hydrogens is 254 g/mol. The second-order valence-electron chi connectivity index (χ2n) is 4.92. The fourth-order valence-electron chi connectivity index (χ4n) is 2.36. The van der Waals surface area contributed by atoms with Gasteiger partial charge in [-0.25, -0.2) is 0 Å². The topological polar surface area (TPSA) is 68.0 Å². The lowest BCUT2D eigenvalue weighted by molar-refractivity contribution is -0.149. The van der Waals surface area contributed by atoms with Gasteiger partial charge in [0.1, 0.15) is 12.2 Å². The predicted molar refractivity (Wildman–Crippen MR) is 75.7 cm³/mol. The molecule has 0 unspecified atom stereocenters. The van der Waals surface area contributed by atoms with Gasteiger partial charge in [-0.15, -0.1) is 10.2 Å². The molecule has 1 heterocycles. The van der Waals surface area contributed by atoms with Gasteiger partial charge < -0.3 is 5.11 Å². The average Bonchev–Trinajstić information content (AvgIpc) is 2.93. The average molecular weight is 273 g/mol. The van der Waals surface area contributed by atoms with Crippen LogP contribution in [0.4, 0.5) is 0 Å². The molecule has 0 aliphatic carbocycles. The predicted octanol–water partition coefficient (Wildman–Crippen LogP) is 2.70. The van der Waals surface area contributed by atoms with Crippen molar-refractivity contribution in [3.8, 4) is 5.69 Å². The summed E-state index contributed by atoms with van der Waals surface area (Å²) in [6.07, 6.45) is 3.15. The van der Waals surface area contributed by atoms with E-state index in [1.165, 1.54) is 0 Å². The third-order valence-electron chi connectivity index (χ3n) is 3.96. The summed E-state index contributed by atoms with van der Waals surface area (Å²) in [4.78, 5) is 11.6. The molecule has 1 aromatic carbocycles. The molecule has 0 fully saturated rings. The fourth-order valence-corrected chi connectivity index (χ4v) is 2.36. The molecule has 2 aromatic rings. The van der Waals surface area contributed by atoms with Gasteiger partial charge in [0.15, 0.2) is 0 Å². The van der Waals surface area contributed by atoms with Crippen molar-refractivity contribution < 1.29 is 9.90 Å². The molecule has 0 bridgehead atoms. The van der Waals surface area contributed by atoms with Crippen molar-refractivity contribution in [1.82, 2.24) is 14.8 Å². The second kappa shape index (κ2) is 5.86. The van der Waals surface area contributed by atoms with Crippen molar-refractivity contribution in [2.75, 3.05) is 0 Å². The molecule has 1 N–H and O–H groups in total. The first-order chi connectivity index (χ1) is 9.63. The van der Waals surface area contributed by atoms with Gasteiger partial charge in [-0.1, -0.05) is 32.0 Å². The molecule has 0 aliphatic rings. The molecule has 0 saturated carbocycles. The number of para-hydroxylation sites is 1. The summed E-state index contributed by atoms with van der Waals surface area (Å²) in [7, 11) is 0. The van der Waals surface area contributed by atoms with Gasteiger partial charge in [-0.3, -0.25) is 9.36 Å². The number of aromatic nitrogens is 3. The van der Waals surface area contributed by atoms with E-state index in [0.717, 1.165) is 5.69 Å². The van der Waals surface area contributed by atoms with Crippen LogP contribution in [0.2, 0.25) is 0 Å². The summed E-state index contributed by atoms with van der Waals surface area (Å²) >= 11 is 0. The zero-order chi connectivity index (χ0) is 14.6. The molecule has 1 aromatic heterocycles. The Labute approximate surface area is 118 Å². The van der Waals surface area contributed by atoms with Crippen molar-refractivity contribution in [2.45, 2.75) is 33.1 Å². The highest BCUT2D eigenvalue weighted by molar-refractivity contribution is 5.74. The van der Waals surface area contributed by atoms with E-state index in [2.05, 4.69) is 10.2 Å². The maximum absolute atomic E-state index is 11.6. The van der Waals surface area contributed by atoms with Gasteiger partial charge in [-0.2, -0.15) is 0 Å². The maximum atomic E-state index is 11.6. The van der Waals surface area contributed by atoms with Gasteiger partial charge >= 0.3 is 5.97 Å². The lowest BCUT2D eigenvalue weighted by Gasteiger charge is -2.26. The summed E-state index contributed by atoms with van der Waals surface area (Å²) in [5.41, 5.74) is 0.165. The lowest BCUT2D eigenvalue weighted by Crippen LogP contribution is -2.33. The van der Waals surface area contributed by atoms with Crippen LogP contribution >= 0.6 is 0 Å². The van der Waals surface area contributed by atoms with Crippen LogP contribution in [0.15, 0.2) is 36.7 Å². The van der Waals surface area contributed by atoms with Crippen LogP contribution in [-0.4, -0.2) is 25.8 Å². The van der Waals surface area contributed by atoms with E-state index < -0.39 is 11.4 Å². The number of hydrogen-bond acceptors (Lipinski definition) is 3. The van der Waals surface area contributed by atoms with E-state index in [-0.39, 0.29) is 0 Å². The molecule has 2 rings (SSSR count). The third-order valence-corrected chi connectivity index (χ3v) is 3.96. The van der Waals surface area contributed by atoms with E-state index in [4.69, 9.17) is 0 Å². The Balaban J connectivity index is 2.36. The standard InChI is InChI=1S/C15H19N3O2/c1-3-15(4-2,14(19)20)10-13-17-16-11-18(13)12-8-6-5-7-9-12/h5-9,11H,3-4,10H2,1-2H3,(H,19,20). The van der Waals surface area contributed by atoms with Crippen LogP contribution in [0.3, 0.4) is 0 Å². The van der Waals surface area contributed by atoms with Gasteiger partial charge in [0.05, 0.1) is 5.41 Å². The first-order valence-corrected chi connectivity index (χ1v) is 6.80. The van der Waals surface area contributed by atoms with Crippen LogP contribution in [0.25, 0.3) is 5.69 Å². The molecule has 0 aliphatic heterocycles. The van der Waals surface area contributed by atoms with Crippen molar-refractivity contribution >= 4 is 5.97 Å². The Kier molecular flexibility index (Phi) is 4.17. The van der Waals surface area contributed by atoms with Gasteiger partial charge in [0.2, 0.25) is 0 Å². The summed E-state index contributed by atoms with van der Waals surface area (Å²) in [6, 6.07) is 9.71. The van der Waals surface area contributed by atoms with Crippen LogP contribution in [0, 0.1) is 5.41 Å². The summed E-state index contributed by atoms with van der Waals surface area (Å²) < 4.78 is 1.85. The smallest absolute Gasteiger partial charge is 0.310 e. The van der Waals surface area contributed by atoms with Crippen molar-refractivity contribution in [3.05, 3.63) is 42.5 Å². The molecule has 0 spiro atoms. The number of aliphatic carboxylic acids is 1. The molecule has 106 valence electrons. The minimum absolute atomic E-state index is 0.379. The summed E-state index contributed by atoms with van der Waals surface area (Å²) in [5, 5.41) is 17.6. The number of benzene rings is 1. The van der Waals surface area contributed by atoms with Crippen LogP contribution in [0.5, 0.6) is 0 Å². The first-order valence-electron chi connectivity index (χ1n) is 6.80. The van der Waals surface area contributed by atoms with Crippen LogP contribution in [-0.2, 0) is 11.2 Å². The SMILES string of the molecule is CCC(CC)(Cc1nncn1-c1ccccc1)C(=O)O. The largest absolute Gasteiger partial charge is 0.481 e. The molecular formula is C15H19N3O2. The van der Waals surface area contributed by atoms with Crippen molar-refractivity contribution in [2.24, 2.45) is 5.41 Å². The summed E-state index contributed by atoms with van der Waals surface area (Å²) in [6.45, 7) is 3.81. The Morgan fingerprint density at radius 3 is 2.45 bits per heavy atom. The van der Waals surface area contributed by atoms with Gasteiger partial charge in [0.25, 0.3) is 0 Å². The van der Waals surface area contributed by atoms with Gasteiger partial charge in [-0.05, 0) is 25.0 Å². The van der Waals surface area contributed by atoms with Crippen LogP contribution < -0.4 is 0 Å². The van der Waals surface area contributed by atoms with E-state index in [9.17, 15) is 9.90 Å². The van der Waals surface area contributed by atoms with Crippen molar-refractivity contribution in [1.29, 1.82) is 0 Å². The second-order valence-corrected chi connectivity index (χ2v) is 4.92. The zero-order valence-electron chi connectivity index (χ0n) is 11.8. The van der Waals surface area contributed by atoms with Gasteiger partial charge in [0, 0.05) is 12.1 Å². The Morgan fingerprint density at radius 1 is 1.25 bits per heavy atom. The number of rotatable bonds is 6. The van der Waals surface area contributed by atoms with Crippen molar-refractivity contribution in [3.63, 3.8) is 0 Å². The highest BCUT2D eigenvalue weighted by Gasteiger charge is 2.36. The monoisotopic (exact) mass is 273 g/mol. The Bertz CT molecular complexity index is 574. The minimum Gasteiger partial charge on any atom is -0.481 e. The van der Waals surface area contributed by atoms with E-state index in [0.29, 0.717) is 25.1 Å². The maximum Gasteiger partial charge on any atom is 0.310 e. The summed E-state index contributed by atoms with van der Waals surface area (Å²) in [5.74, 6) is -0.0904. The highest BCUT2D eigenvalue weighted by Crippen LogP contribution is 2.31. The molecule has 5 heteroatoms. The minimum atomic E-state index is -0.778. The number of carboxylic acid groups (broad SMARTS) is 1. The van der Waals surface area contributed by atoms with E-state index in [1.54, 1.807) is 6.33 Å². The number of hydrogen-bond donors (Lipinski definition) is 1. The molecule has 0 atom stereocenters. The Morgan fingerprint density at radius 2 is 1.90 bits per heavy atom. The molecule has 0 amide bonds. The number of nitrogens with zero attached hydrogens (tertiary/aromatic N) is 3. The Hall–Kier alpha value is -2.17. The first kappa shape index (κ1) is 14.2. The quantitative estimate of drug-likeness (QED) is 0.878. The van der Waals surface area contributed by atoms with E-state index in [1.807, 2.05) is 48.7 Å². The van der Waals surface area contributed by atoms with Crippen LogP contribution in [0.1, 0.15) is 32.5 Å². The molecule has 5 nitrogen and oxygen atoms in total. The number of carbonyl (C=O) groups is 1. The normalized spacial score (nSPS) is 11.5. The lowest BCUT2D eigenvalue weighted by atomic mass is 9.79. The molecule has 0 radical (unpaired) electrons.